The first-order valence-electron chi connectivity index (χ1n) is 7.15. The van der Waals surface area contributed by atoms with Crippen molar-refractivity contribution in [2.24, 2.45) is 0 Å². The van der Waals surface area contributed by atoms with Crippen LogP contribution in [0.5, 0.6) is 0 Å². The summed E-state index contributed by atoms with van der Waals surface area (Å²) in [7, 11) is -4.78. The Morgan fingerprint density at radius 3 is 2.12 bits per heavy atom. The maximum absolute atomic E-state index is 13.9. The van der Waals surface area contributed by atoms with Crippen LogP contribution in [0.1, 0.15) is 6.92 Å². The van der Waals surface area contributed by atoms with Gasteiger partial charge in [0.05, 0.1) is 12.3 Å². The van der Waals surface area contributed by atoms with Gasteiger partial charge in [0.25, 0.3) is 10.0 Å². The Bertz CT molecular complexity index is 849. The third kappa shape index (κ3) is 4.11. The highest BCUT2D eigenvalue weighted by atomic mass is 32.2. The number of ether oxygens (including phenoxy) is 1. The van der Waals surface area contributed by atoms with E-state index in [0.29, 0.717) is 4.31 Å². The Labute approximate surface area is 142 Å². The molecule has 0 aliphatic rings. The molecule has 0 fully saturated rings. The van der Waals surface area contributed by atoms with E-state index in [4.69, 9.17) is 4.74 Å². The lowest BCUT2D eigenvalue weighted by Gasteiger charge is -2.24. The summed E-state index contributed by atoms with van der Waals surface area (Å²) in [4.78, 5) is 10.5. The van der Waals surface area contributed by atoms with E-state index in [9.17, 15) is 26.4 Å². The van der Waals surface area contributed by atoms with Crippen molar-refractivity contribution >= 4 is 21.7 Å². The normalized spacial score (nSPS) is 11.2. The van der Waals surface area contributed by atoms with Crippen LogP contribution < -0.4 is 4.31 Å². The largest absolute Gasteiger partial charge is 0.465 e. The topological polar surface area (TPSA) is 63.7 Å². The summed E-state index contributed by atoms with van der Waals surface area (Å²) in [6.07, 6.45) is 0. The zero-order valence-electron chi connectivity index (χ0n) is 13.1. The number of carbonyl (C=O) groups is 1. The van der Waals surface area contributed by atoms with Gasteiger partial charge in [-0.3, -0.25) is 9.10 Å². The Morgan fingerprint density at radius 1 is 1.04 bits per heavy atom. The fourth-order valence-corrected chi connectivity index (χ4v) is 3.61. The number of halogens is 3. The van der Waals surface area contributed by atoms with E-state index in [2.05, 4.69) is 0 Å². The molecular formula is C16H14F3NO4S. The molecule has 25 heavy (non-hydrogen) atoms. The lowest BCUT2D eigenvalue weighted by Crippen LogP contribution is -2.37. The molecule has 0 spiro atoms. The Balaban J connectivity index is 2.57. The molecule has 134 valence electrons. The van der Waals surface area contributed by atoms with E-state index in [0.717, 1.165) is 42.5 Å². The van der Waals surface area contributed by atoms with Crippen LogP contribution in [0.15, 0.2) is 47.4 Å². The minimum Gasteiger partial charge on any atom is -0.465 e. The molecule has 0 radical (unpaired) electrons. The minimum absolute atomic E-state index is 0.00972. The quantitative estimate of drug-likeness (QED) is 0.731. The molecule has 2 aromatic carbocycles. The predicted octanol–water partition coefficient (Wildman–Crippen LogP) is 2.86. The van der Waals surface area contributed by atoms with E-state index in [-0.39, 0.29) is 12.3 Å². The van der Waals surface area contributed by atoms with Gasteiger partial charge in [0.15, 0.2) is 4.90 Å². The van der Waals surface area contributed by atoms with Crippen LogP contribution in [0.25, 0.3) is 0 Å². The molecule has 9 heteroatoms. The summed E-state index contributed by atoms with van der Waals surface area (Å²) in [6.45, 7) is 0.685. The van der Waals surface area contributed by atoms with Gasteiger partial charge in [-0.15, -0.1) is 0 Å². The fourth-order valence-electron chi connectivity index (χ4n) is 2.09. The zero-order valence-corrected chi connectivity index (χ0v) is 13.9. The van der Waals surface area contributed by atoms with Crippen molar-refractivity contribution in [2.75, 3.05) is 17.5 Å². The van der Waals surface area contributed by atoms with Gasteiger partial charge in [-0.05, 0) is 43.3 Å². The van der Waals surface area contributed by atoms with Crippen LogP contribution in [0.3, 0.4) is 0 Å². The second-order valence-electron chi connectivity index (χ2n) is 4.84. The smallest absolute Gasteiger partial charge is 0.326 e. The van der Waals surface area contributed by atoms with E-state index in [1.54, 1.807) is 0 Å². The van der Waals surface area contributed by atoms with Gasteiger partial charge < -0.3 is 4.74 Å². The summed E-state index contributed by atoms with van der Waals surface area (Å²) in [5.74, 6) is -4.19. The van der Waals surface area contributed by atoms with E-state index >= 15 is 0 Å². The summed E-state index contributed by atoms with van der Waals surface area (Å²) in [5.41, 5.74) is -0.142. The van der Waals surface area contributed by atoms with Gasteiger partial charge in [-0.1, -0.05) is 6.07 Å². The molecule has 0 atom stereocenters. The number of sulfonamides is 1. The second kappa shape index (κ2) is 7.56. The molecule has 5 nitrogen and oxygen atoms in total. The standard InChI is InChI=1S/C16H14F3NO4S/c1-2-24-15(21)10-20(12-8-6-11(17)7-9-12)25(22,23)16-13(18)4-3-5-14(16)19/h3-9H,2,10H2,1H3. The molecule has 0 unspecified atom stereocenters. The van der Waals surface area contributed by atoms with E-state index in [1.807, 2.05) is 0 Å². The van der Waals surface area contributed by atoms with Crippen LogP contribution in [-0.2, 0) is 19.6 Å². The molecule has 0 N–H and O–H groups in total. The van der Waals surface area contributed by atoms with Crippen LogP contribution in [0.4, 0.5) is 18.9 Å². The van der Waals surface area contributed by atoms with Crippen molar-refractivity contribution in [1.82, 2.24) is 0 Å². The SMILES string of the molecule is CCOC(=O)CN(c1ccc(F)cc1)S(=O)(=O)c1c(F)cccc1F. The number of carbonyl (C=O) groups excluding carboxylic acids is 1. The molecule has 0 heterocycles. The number of nitrogens with zero attached hydrogens (tertiary/aromatic N) is 1. The van der Waals surface area contributed by atoms with Gasteiger partial charge in [-0.2, -0.15) is 0 Å². The van der Waals surface area contributed by atoms with Gasteiger partial charge >= 0.3 is 5.97 Å². The third-order valence-corrected chi connectivity index (χ3v) is 4.99. The van der Waals surface area contributed by atoms with Crippen LogP contribution >= 0.6 is 0 Å². The van der Waals surface area contributed by atoms with Crippen molar-refractivity contribution in [1.29, 1.82) is 0 Å². The molecule has 0 saturated heterocycles. The maximum Gasteiger partial charge on any atom is 0.326 e. The highest BCUT2D eigenvalue weighted by Gasteiger charge is 2.32. The summed E-state index contributed by atoms with van der Waals surface area (Å²) in [5, 5.41) is 0. The van der Waals surface area contributed by atoms with E-state index in [1.165, 1.54) is 6.92 Å². The average Bonchev–Trinajstić information content (AvgIpc) is 2.53. The van der Waals surface area contributed by atoms with Gasteiger partial charge in [0.2, 0.25) is 0 Å². The summed E-state index contributed by atoms with van der Waals surface area (Å²) < 4.78 is 71.7. The van der Waals surface area contributed by atoms with Crippen LogP contribution in [0.2, 0.25) is 0 Å². The molecule has 0 aromatic heterocycles. The molecule has 0 aliphatic heterocycles. The zero-order chi connectivity index (χ0) is 18.6. The first-order valence-corrected chi connectivity index (χ1v) is 8.59. The van der Waals surface area contributed by atoms with Crippen LogP contribution in [0, 0.1) is 17.5 Å². The molecule has 2 rings (SSSR count). The van der Waals surface area contributed by atoms with Crippen molar-refractivity contribution in [3.05, 3.63) is 59.9 Å². The van der Waals surface area contributed by atoms with Crippen molar-refractivity contribution < 1.29 is 31.1 Å². The number of anilines is 1. The Morgan fingerprint density at radius 2 is 1.60 bits per heavy atom. The number of benzene rings is 2. The van der Waals surface area contributed by atoms with Crippen molar-refractivity contribution in [3.8, 4) is 0 Å². The Kier molecular flexibility index (Phi) is 5.68. The van der Waals surface area contributed by atoms with E-state index < -0.39 is 44.9 Å². The van der Waals surface area contributed by atoms with Gasteiger partial charge in [0, 0.05) is 0 Å². The molecule has 0 aliphatic carbocycles. The fraction of sp³-hybridized carbons (Fsp3) is 0.188. The Hall–Kier alpha value is -2.55. The lowest BCUT2D eigenvalue weighted by atomic mass is 10.3. The number of esters is 1. The second-order valence-corrected chi connectivity index (χ2v) is 6.64. The molecule has 0 amide bonds. The van der Waals surface area contributed by atoms with Crippen molar-refractivity contribution in [2.45, 2.75) is 11.8 Å². The van der Waals surface area contributed by atoms with Gasteiger partial charge in [-0.25, -0.2) is 21.6 Å². The molecule has 0 saturated carbocycles. The monoisotopic (exact) mass is 373 g/mol. The average molecular weight is 373 g/mol. The first-order chi connectivity index (χ1) is 11.8. The molecular weight excluding hydrogens is 359 g/mol. The predicted molar refractivity (Wildman–Crippen MR) is 83.9 cm³/mol. The highest BCUT2D eigenvalue weighted by molar-refractivity contribution is 7.92. The van der Waals surface area contributed by atoms with Gasteiger partial charge in [0.1, 0.15) is 24.0 Å². The summed E-state index contributed by atoms with van der Waals surface area (Å²) in [6, 6.07) is 6.64. The minimum atomic E-state index is -4.78. The number of hydrogen-bond donors (Lipinski definition) is 0. The summed E-state index contributed by atoms with van der Waals surface area (Å²) >= 11 is 0. The molecule has 0 bridgehead atoms. The molecule has 2 aromatic rings. The first kappa shape index (κ1) is 18.8. The highest BCUT2D eigenvalue weighted by Crippen LogP contribution is 2.27. The number of rotatable bonds is 6. The maximum atomic E-state index is 13.9. The number of hydrogen-bond acceptors (Lipinski definition) is 4. The van der Waals surface area contributed by atoms with Crippen molar-refractivity contribution in [3.63, 3.8) is 0 Å². The van der Waals surface area contributed by atoms with Crippen LogP contribution in [-0.4, -0.2) is 27.5 Å². The third-order valence-electron chi connectivity index (χ3n) is 3.16. The lowest BCUT2D eigenvalue weighted by molar-refractivity contribution is -0.141.